The lowest BCUT2D eigenvalue weighted by atomic mass is 9.92. The minimum absolute atomic E-state index is 0.0405. The van der Waals surface area contributed by atoms with Crippen molar-refractivity contribution < 1.29 is 18.7 Å². The summed E-state index contributed by atoms with van der Waals surface area (Å²) in [5, 5.41) is 24.9. The molecule has 1 heterocycles. The lowest BCUT2D eigenvalue weighted by molar-refractivity contribution is -0.132. The number of primary amides is 1. The van der Waals surface area contributed by atoms with E-state index >= 15 is 0 Å². The molecule has 2 aromatic carbocycles. The minimum Gasteiger partial charge on any atom is -0.367 e. The number of nitrogens with one attached hydrogen (secondary N) is 2. The zero-order valence-electron chi connectivity index (χ0n) is 17.2. The molecule has 0 spiro atoms. The van der Waals surface area contributed by atoms with E-state index in [1.54, 1.807) is 30.3 Å². The third-order valence-corrected chi connectivity index (χ3v) is 5.15. The molecule has 0 unspecified atom stereocenters. The molecular formula is C23H22FN5O3. The summed E-state index contributed by atoms with van der Waals surface area (Å²) < 4.78 is 19.5. The fourth-order valence-electron chi connectivity index (χ4n) is 3.39. The van der Waals surface area contributed by atoms with Crippen molar-refractivity contribution >= 4 is 11.8 Å². The first-order valence-corrected chi connectivity index (χ1v) is 10.0. The molecule has 2 amide bonds. The number of hydrogen-bond donors (Lipinski definition) is 3. The number of hydrogen-bond acceptors (Lipinski definition) is 6. The first-order chi connectivity index (χ1) is 15.4. The zero-order chi connectivity index (χ0) is 23.1. The van der Waals surface area contributed by atoms with Gasteiger partial charge in [-0.15, -0.1) is 0 Å². The lowest BCUT2D eigenvalue weighted by Gasteiger charge is -2.23. The van der Waals surface area contributed by atoms with Gasteiger partial charge in [-0.3, -0.25) is 9.59 Å². The summed E-state index contributed by atoms with van der Waals surface area (Å²) in [5.74, 6) is -2.09. The van der Waals surface area contributed by atoms with Crippen LogP contribution >= 0.6 is 0 Å². The molecule has 1 aliphatic rings. The maximum Gasteiger partial charge on any atom is 0.252 e. The molecule has 0 bridgehead atoms. The fourth-order valence-corrected chi connectivity index (χ4v) is 3.39. The number of carbonyl (C=O) groups is 2. The molecule has 164 valence electrons. The first-order valence-electron chi connectivity index (χ1n) is 10.0. The Morgan fingerprint density at radius 2 is 1.88 bits per heavy atom. The van der Waals surface area contributed by atoms with E-state index in [4.69, 9.17) is 10.5 Å². The summed E-state index contributed by atoms with van der Waals surface area (Å²) in [6, 6.07) is 14.7. The highest BCUT2D eigenvalue weighted by Gasteiger charge is 2.35. The van der Waals surface area contributed by atoms with Gasteiger partial charge in [0.1, 0.15) is 24.1 Å². The molecule has 1 atom stereocenters. The Labute approximate surface area is 184 Å². The van der Waals surface area contributed by atoms with Crippen LogP contribution in [0, 0.1) is 28.5 Å². The summed E-state index contributed by atoms with van der Waals surface area (Å²) in [4.78, 5) is 23.8. The number of benzene rings is 2. The second kappa shape index (κ2) is 10.0. The van der Waals surface area contributed by atoms with Gasteiger partial charge in [-0.1, -0.05) is 30.3 Å². The molecular weight excluding hydrogens is 413 g/mol. The van der Waals surface area contributed by atoms with Crippen LogP contribution in [0.5, 0.6) is 0 Å². The van der Waals surface area contributed by atoms with Crippen LogP contribution in [0.3, 0.4) is 0 Å². The number of nitrogens with zero attached hydrogens (tertiary/aromatic N) is 2. The molecule has 3 rings (SSSR count). The van der Waals surface area contributed by atoms with Gasteiger partial charge in [-0.25, -0.2) is 4.39 Å². The monoisotopic (exact) mass is 435 g/mol. The summed E-state index contributed by atoms with van der Waals surface area (Å²) in [6.07, 6.45) is -0.0483. The van der Waals surface area contributed by atoms with Gasteiger partial charge in [0.15, 0.2) is 0 Å². The number of nitriles is 2. The van der Waals surface area contributed by atoms with E-state index in [2.05, 4.69) is 10.6 Å². The van der Waals surface area contributed by atoms with Crippen molar-refractivity contribution in [3.8, 4) is 23.3 Å². The van der Waals surface area contributed by atoms with Crippen LogP contribution in [0.4, 0.5) is 4.39 Å². The summed E-state index contributed by atoms with van der Waals surface area (Å²) in [6.45, 7) is 1.45. The largest absolute Gasteiger partial charge is 0.367 e. The topological polar surface area (TPSA) is 141 Å². The van der Waals surface area contributed by atoms with E-state index in [-0.39, 0.29) is 12.0 Å². The van der Waals surface area contributed by atoms with Crippen LogP contribution in [0.2, 0.25) is 0 Å². The molecule has 4 N–H and O–H groups in total. The maximum atomic E-state index is 14.1. The molecule has 1 aliphatic heterocycles. The van der Waals surface area contributed by atoms with Crippen molar-refractivity contribution in [2.75, 3.05) is 19.7 Å². The highest BCUT2D eigenvalue weighted by Crippen LogP contribution is 2.24. The second-order valence-corrected chi connectivity index (χ2v) is 7.47. The first kappa shape index (κ1) is 22.9. The lowest BCUT2D eigenvalue weighted by Crippen LogP contribution is -2.53. The minimum atomic E-state index is -1.76. The van der Waals surface area contributed by atoms with Gasteiger partial charge < -0.3 is 21.1 Å². The maximum absolute atomic E-state index is 14.1. The van der Waals surface area contributed by atoms with Crippen molar-refractivity contribution in [1.82, 2.24) is 10.6 Å². The molecule has 2 aromatic rings. The van der Waals surface area contributed by atoms with Gasteiger partial charge in [0.25, 0.3) is 11.8 Å². The predicted molar refractivity (Wildman–Crippen MR) is 113 cm³/mol. The number of halogens is 1. The van der Waals surface area contributed by atoms with Gasteiger partial charge in [0.2, 0.25) is 5.54 Å². The number of ether oxygens (including phenoxy) is 1. The number of amides is 2. The average Bonchev–Trinajstić information content (AvgIpc) is 3.08. The summed E-state index contributed by atoms with van der Waals surface area (Å²) >= 11 is 0. The van der Waals surface area contributed by atoms with Crippen LogP contribution in [0.1, 0.15) is 22.3 Å². The van der Waals surface area contributed by atoms with Gasteiger partial charge in [-0.05, 0) is 41.8 Å². The van der Waals surface area contributed by atoms with Gasteiger partial charge in [0.05, 0.1) is 5.56 Å². The van der Waals surface area contributed by atoms with Gasteiger partial charge >= 0.3 is 0 Å². The second-order valence-electron chi connectivity index (χ2n) is 7.47. The Bertz CT molecular complexity index is 1070. The summed E-state index contributed by atoms with van der Waals surface area (Å²) in [7, 11) is 0. The average molecular weight is 435 g/mol. The Morgan fingerprint density at radius 3 is 2.50 bits per heavy atom. The number of nitrogens with two attached hydrogens (primary N) is 1. The fraction of sp³-hybridized carbons (Fsp3) is 0.304. The quantitative estimate of drug-likeness (QED) is 0.627. The highest BCUT2D eigenvalue weighted by atomic mass is 19.1. The van der Waals surface area contributed by atoms with Crippen molar-refractivity contribution in [3.05, 3.63) is 59.4 Å². The van der Waals surface area contributed by atoms with Crippen LogP contribution in [-0.4, -0.2) is 43.2 Å². The molecule has 0 aromatic heterocycles. The standard InChI is InChI=1S/C23H22FN5O3/c24-19-10-17(6-7-18(19)21(27)30)16-4-2-15(3-5-16)11-23(13-25,14-26)29-22(31)20-12-28-8-1-9-32-20/h2-7,10,20,28H,1,8-9,11-12H2,(H2,27,30)(H,29,31)/t20-/m0/s1. The van der Waals surface area contributed by atoms with Crippen LogP contribution in [-0.2, 0) is 16.0 Å². The highest BCUT2D eigenvalue weighted by molar-refractivity contribution is 5.93. The van der Waals surface area contributed by atoms with Gasteiger partial charge in [0, 0.05) is 19.6 Å². The normalized spacial score (nSPS) is 16.3. The molecule has 1 saturated heterocycles. The van der Waals surface area contributed by atoms with Gasteiger partial charge in [-0.2, -0.15) is 10.5 Å². The van der Waals surface area contributed by atoms with Crippen molar-refractivity contribution in [2.24, 2.45) is 5.73 Å². The molecule has 0 radical (unpaired) electrons. The molecule has 1 fully saturated rings. The Balaban J connectivity index is 1.75. The number of carbonyl (C=O) groups excluding carboxylic acids is 2. The van der Waals surface area contributed by atoms with E-state index in [9.17, 15) is 24.5 Å². The van der Waals surface area contributed by atoms with Crippen molar-refractivity contribution in [1.29, 1.82) is 10.5 Å². The van der Waals surface area contributed by atoms with E-state index < -0.39 is 29.3 Å². The van der Waals surface area contributed by atoms with Crippen molar-refractivity contribution in [2.45, 2.75) is 24.5 Å². The summed E-state index contributed by atoms with van der Waals surface area (Å²) in [5.41, 5.74) is 5.01. The Morgan fingerprint density at radius 1 is 1.19 bits per heavy atom. The molecule has 32 heavy (non-hydrogen) atoms. The Kier molecular flexibility index (Phi) is 7.16. The van der Waals surface area contributed by atoms with E-state index in [1.807, 2.05) is 12.1 Å². The van der Waals surface area contributed by atoms with Crippen molar-refractivity contribution in [3.63, 3.8) is 0 Å². The SMILES string of the molecule is N#CC(C#N)(Cc1ccc(-c2ccc(C(N)=O)c(F)c2)cc1)NC(=O)[C@@H]1CNCCCO1. The molecule has 0 aliphatic carbocycles. The zero-order valence-corrected chi connectivity index (χ0v) is 17.2. The van der Waals surface area contributed by atoms with E-state index in [0.29, 0.717) is 29.8 Å². The molecule has 0 saturated carbocycles. The van der Waals surface area contributed by atoms with Crippen LogP contribution < -0.4 is 16.4 Å². The molecule has 9 heteroatoms. The predicted octanol–water partition coefficient (Wildman–Crippen LogP) is 1.41. The van der Waals surface area contributed by atoms with E-state index in [1.165, 1.54) is 12.1 Å². The molecule has 8 nitrogen and oxygen atoms in total. The van der Waals surface area contributed by atoms with E-state index in [0.717, 1.165) is 13.0 Å². The third kappa shape index (κ3) is 5.27. The smallest absolute Gasteiger partial charge is 0.252 e. The van der Waals surface area contributed by atoms with Crippen LogP contribution in [0.15, 0.2) is 42.5 Å². The number of rotatable bonds is 6. The Hall–Kier alpha value is -3.79. The van der Waals surface area contributed by atoms with Crippen LogP contribution in [0.25, 0.3) is 11.1 Å². The third-order valence-electron chi connectivity index (χ3n) is 5.15.